The lowest BCUT2D eigenvalue weighted by molar-refractivity contribution is -0.148. The van der Waals surface area contributed by atoms with Crippen molar-refractivity contribution in [1.29, 1.82) is 0 Å². The second-order valence-electron chi connectivity index (χ2n) is 41.8. The molecule has 0 radical (unpaired) electrons. The Labute approximate surface area is 865 Å². The van der Waals surface area contributed by atoms with Gasteiger partial charge in [0, 0.05) is 67.4 Å². The van der Waals surface area contributed by atoms with E-state index in [9.17, 15) is 69.0 Å². The number of esters is 3. The van der Waals surface area contributed by atoms with Gasteiger partial charge in [-0.1, -0.05) is 176 Å². The fraction of sp³-hybridized carbons (Fsp3) is 0.400. The third kappa shape index (κ3) is 33.4. The molecule has 0 aliphatic heterocycles. The van der Waals surface area contributed by atoms with Gasteiger partial charge in [0.1, 0.15) is 97.6 Å². The molecule has 8 heterocycles. The number of carbonyl (C=O) groups is 6. The number of ether oxygens (including phenoxy) is 7. The number of fused-ring (bicyclic) bond motifs is 4. The number of benzene rings is 6. The Balaban J connectivity index is 0.000000195. The average Bonchev–Trinajstić information content (AvgIpc) is 1.64. The summed E-state index contributed by atoms with van der Waals surface area (Å²) in [5, 5.41) is 9.29. The van der Waals surface area contributed by atoms with E-state index in [-0.39, 0.29) is 156 Å². The molecule has 0 saturated carbocycles. The molecule has 0 fully saturated rings. The molecule has 3 unspecified atom stereocenters. The first-order chi connectivity index (χ1) is 70.1. The number of hydrogen-bond donors (Lipinski definition) is 3. The summed E-state index contributed by atoms with van der Waals surface area (Å²) in [7, 11) is -3.75. The van der Waals surface area contributed by atoms with Crippen LogP contribution in [0.5, 0.6) is 23.5 Å². The van der Waals surface area contributed by atoms with Gasteiger partial charge in [-0.05, 0) is 178 Å². The minimum absolute atomic E-state index is 0.00764. The Kier molecular flexibility index (Phi) is 40.4. The maximum Gasteiger partial charge on any atom is 0.357 e. The summed E-state index contributed by atoms with van der Waals surface area (Å²) in [4.78, 5) is 110. The van der Waals surface area contributed by atoms with E-state index in [0.717, 1.165) is 78.9 Å². The summed E-state index contributed by atoms with van der Waals surface area (Å²) >= 11 is 0. The molecule has 796 valence electrons. The summed E-state index contributed by atoms with van der Waals surface area (Å²) in [5.74, 6) is -7.71. The first-order valence-electron chi connectivity index (χ1n) is 49.1. The number of Topliss-reactive ketones (excluding diaryl/α,β-unsaturated/α-hetero) is 2. The molecule has 6 aromatic carbocycles. The summed E-state index contributed by atoms with van der Waals surface area (Å²) in [6, 6.07) is 37.0. The third-order valence-electron chi connectivity index (χ3n) is 24.7. The minimum atomic E-state index is -1.42. The van der Waals surface area contributed by atoms with Crippen molar-refractivity contribution < 1.29 is 102 Å². The Morgan fingerprint density at radius 1 is 0.349 bits per heavy atom. The molecule has 28 nitrogen and oxygen atoms in total. The van der Waals surface area contributed by atoms with Gasteiger partial charge in [-0.15, -0.1) is 0 Å². The molecule has 39 heteroatoms. The molecular weight excluding hydrogens is 1980 g/mol. The molecule has 149 heavy (non-hydrogen) atoms. The van der Waals surface area contributed by atoms with Crippen LogP contribution in [0.2, 0.25) is 77.1 Å². The predicted molar refractivity (Wildman–Crippen MR) is 561 cm³/mol. The highest BCUT2D eigenvalue weighted by Crippen LogP contribution is 2.39. The number of rotatable bonds is 41. The summed E-state index contributed by atoms with van der Waals surface area (Å²) in [6.07, 6.45) is 11.5. The van der Waals surface area contributed by atoms with E-state index in [1.807, 2.05) is 67.6 Å². The number of imidazole rings is 4. The molecule has 0 saturated heterocycles. The first-order valence-corrected chi connectivity index (χ1v) is 60.2. The zero-order valence-corrected chi connectivity index (χ0v) is 91.5. The predicted octanol–water partition coefficient (Wildman–Crippen LogP) is 23.7. The number of hydrogen-bond acceptors (Lipinski definition) is 23. The summed E-state index contributed by atoms with van der Waals surface area (Å²) < 4.78 is 156. The van der Waals surface area contributed by atoms with Crippen molar-refractivity contribution >= 4 is 82.3 Å². The zero-order chi connectivity index (χ0) is 110. The van der Waals surface area contributed by atoms with Gasteiger partial charge in [0.2, 0.25) is 22.6 Å². The maximum atomic E-state index is 14.2. The molecule has 0 aliphatic carbocycles. The lowest BCUT2D eigenvalue weighted by Gasteiger charge is -2.31. The molecular formula is C110H134F8N14O14Si3. The number of nitrogens with zero attached hydrogens (tertiary/aromatic N) is 12. The number of aromatic carboxylic acids is 1. The van der Waals surface area contributed by atoms with E-state index in [1.165, 1.54) is 57.4 Å². The minimum Gasteiger partial charge on any atom is -0.477 e. The summed E-state index contributed by atoms with van der Waals surface area (Å²) in [6.45, 7) is 42.1. The monoisotopic (exact) mass is 2110 g/mol. The largest absolute Gasteiger partial charge is 0.477 e. The Bertz CT molecular complexity index is 7010. The maximum absolute atomic E-state index is 14.2. The van der Waals surface area contributed by atoms with Gasteiger partial charge in [0.25, 0.3) is 23.5 Å². The lowest BCUT2D eigenvalue weighted by atomic mass is 9.79. The Hall–Kier alpha value is -13.8. The summed E-state index contributed by atoms with van der Waals surface area (Å²) in [5.41, 5.74) is 18.6. The van der Waals surface area contributed by atoms with Gasteiger partial charge in [-0.3, -0.25) is 36.8 Å². The number of carboxylic acids is 1. The van der Waals surface area contributed by atoms with Crippen LogP contribution in [0.3, 0.4) is 0 Å². The number of aryl methyl sites for hydroxylation is 8. The van der Waals surface area contributed by atoms with Crippen LogP contribution in [0.25, 0.3) is 22.6 Å². The van der Waals surface area contributed by atoms with Gasteiger partial charge >= 0.3 is 23.9 Å². The standard InChI is InChI=1S/C34H41F2N3O4Si.C25H34F2N4O2Si.C18H17F2N3O3.C17H29NO2Si.C16H13F2N3O3/c1-23-20-39-31(24(2)38-32(39)33(37-23)43-22-26-27(35)13-10-14-28(26)36)29(40)15-16-34(3,17-18-44(4,5)6)19-30(41)42-21-25-11-8-7-9-12-25;1-16-14-31-22(21(32)10-11-25(3,28)12-13-34(4,5)6)17(2)30-23(31)24(29-16)33-15-18-19(26)8-7-9-20(18)27;1-4-25-18(24)15-11(3)22-16-17(21-10(2)8-23(15)16)26-9-12-13(19)6-5-7-14(12)20;1-17(14-18,10-11-21(2,3)4)12-16(19)20-13-15-8-6-5-7-9-15;1-8-6-21-13(16(22)23)9(2)20-14(21)15(19-8)24-7-10-11(17)4-3-5-12(10)18/h7-14,20H,15-19,21-22H2,1-6H3;7-9,14H,10-13,15,28H2,1-6H3;5-8H,4,9H2,1-3H3;5-9H,10-14,18H2,1-4H3;3-6H,7H2,1-2H3,(H,22,23). The van der Waals surface area contributed by atoms with Crippen molar-refractivity contribution in [2.75, 3.05) is 13.2 Å². The first kappa shape index (κ1) is 117. The molecule has 0 spiro atoms. The van der Waals surface area contributed by atoms with Crippen molar-refractivity contribution in [3.05, 3.63) is 306 Å². The van der Waals surface area contributed by atoms with Gasteiger partial charge in [0.15, 0.2) is 23.0 Å². The molecule has 3 atom stereocenters. The molecule has 5 N–H and O–H groups in total. The fourth-order valence-electron chi connectivity index (χ4n) is 16.0. The smallest absolute Gasteiger partial charge is 0.357 e. The van der Waals surface area contributed by atoms with Gasteiger partial charge < -0.3 is 49.7 Å². The molecule has 14 rings (SSSR count). The second-order valence-corrected chi connectivity index (χ2v) is 58.7. The van der Waals surface area contributed by atoms with E-state index in [1.54, 1.807) is 89.7 Å². The second kappa shape index (κ2) is 51.4. The highest BCUT2D eigenvalue weighted by molar-refractivity contribution is 6.76. The molecule has 14 aromatic rings. The van der Waals surface area contributed by atoms with Crippen LogP contribution in [-0.2, 0) is 63.4 Å². The van der Waals surface area contributed by atoms with E-state index in [0.29, 0.717) is 101 Å². The highest BCUT2D eigenvalue weighted by Gasteiger charge is 2.36. The van der Waals surface area contributed by atoms with Crippen LogP contribution in [0.4, 0.5) is 35.1 Å². The van der Waals surface area contributed by atoms with Crippen molar-refractivity contribution in [3.8, 4) is 23.5 Å². The van der Waals surface area contributed by atoms with E-state index in [2.05, 4.69) is 113 Å². The van der Waals surface area contributed by atoms with Gasteiger partial charge in [0.05, 0.1) is 87.3 Å². The van der Waals surface area contributed by atoms with Crippen LogP contribution in [0.1, 0.15) is 206 Å². The average molecular weight is 2110 g/mol. The number of carbonyl (C=O) groups excluding carboxylic acids is 5. The van der Waals surface area contributed by atoms with Crippen molar-refractivity contribution in [1.82, 2.24) is 57.5 Å². The normalized spacial score (nSPS) is 12.7. The Morgan fingerprint density at radius 3 is 0.926 bits per heavy atom. The topological polar surface area (TPSA) is 360 Å². The van der Waals surface area contributed by atoms with Crippen LogP contribution >= 0.6 is 0 Å². The van der Waals surface area contributed by atoms with Crippen LogP contribution in [-0.4, -0.2) is 141 Å². The molecule has 0 amide bonds. The van der Waals surface area contributed by atoms with E-state index >= 15 is 0 Å². The molecule has 8 aromatic heterocycles. The van der Waals surface area contributed by atoms with Crippen LogP contribution in [0, 0.1) is 113 Å². The van der Waals surface area contributed by atoms with Crippen molar-refractivity contribution in [2.24, 2.45) is 22.3 Å². The van der Waals surface area contributed by atoms with E-state index < -0.39 is 93.7 Å². The van der Waals surface area contributed by atoms with E-state index in [4.69, 9.17) is 44.6 Å². The number of ketones is 2. The van der Waals surface area contributed by atoms with Crippen molar-refractivity contribution in [2.45, 2.75) is 263 Å². The van der Waals surface area contributed by atoms with Gasteiger partial charge in [-0.2, -0.15) is 0 Å². The molecule has 0 aliphatic rings. The molecule has 0 bridgehead atoms. The quantitative estimate of drug-likeness (QED) is 0.0105. The number of nitrogens with two attached hydrogens (primary N) is 2. The zero-order valence-electron chi connectivity index (χ0n) is 88.5. The third-order valence-corrected chi connectivity index (χ3v) is 30.0. The highest BCUT2D eigenvalue weighted by atomic mass is 28.3. The number of aromatic nitrogens is 12. The van der Waals surface area contributed by atoms with Crippen LogP contribution in [0.15, 0.2) is 158 Å². The number of carboxylic acid groups (broad SMARTS) is 1. The van der Waals surface area contributed by atoms with Crippen LogP contribution < -0.4 is 30.4 Å². The lowest BCUT2D eigenvalue weighted by Crippen LogP contribution is -2.39. The number of halogens is 8. The fourth-order valence-corrected chi connectivity index (χ4v) is 20.1. The van der Waals surface area contributed by atoms with Crippen molar-refractivity contribution in [3.63, 3.8) is 0 Å². The SMILES string of the molecule is CC(CN)(CC[Si](C)(C)C)CC(=O)OCc1ccccc1.CCOC(=O)c1c(C)nc2c(OCc3c(F)cccc3F)nc(C)cn12.Cc1cn2c(C(=O)CCC(C)(CC[Si](C)(C)C)CC(=O)OCc3ccccc3)c(C)nc2c(OCc2c(F)cccc2F)n1.Cc1cn2c(C(=O)CCC(C)(N)CC[Si](C)(C)C)c(C)nc2c(OCc2c(F)cccc2F)n1.Cc1cn2c(C(=O)O)c(C)nc2c(OCc2c(F)cccc2F)n1. The van der Waals surface area contributed by atoms with Gasteiger partial charge in [-0.25, -0.2) is 84.6 Å². The Morgan fingerprint density at radius 2 is 0.624 bits per heavy atom.